The molecule has 0 aliphatic carbocycles. The lowest BCUT2D eigenvalue weighted by Crippen LogP contribution is -2.36. The van der Waals surface area contributed by atoms with Gasteiger partial charge in [-0.25, -0.2) is 0 Å². The first-order chi connectivity index (χ1) is 11.3. The van der Waals surface area contributed by atoms with E-state index in [0.717, 1.165) is 17.7 Å². The summed E-state index contributed by atoms with van der Waals surface area (Å²) < 4.78 is 43.6. The van der Waals surface area contributed by atoms with Crippen LogP contribution < -0.4 is 10.1 Å². The van der Waals surface area contributed by atoms with Crippen molar-refractivity contribution >= 4 is 5.91 Å². The van der Waals surface area contributed by atoms with E-state index < -0.39 is 23.8 Å². The summed E-state index contributed by atoms with van der Waals surface area (Å²) in [5, 5.41) is 2.59. The third-order valence-electron chi connectivity index (χ3n) is 3.49. The molecule has 0 aliphatic heterocycles. The van der Waals surface area contributed by atoms with Gasteiger partial charge in [0.25, 0.3) is 5.91 Å². The van der Waals surface area contributed by atoms with Gasteiger partial charge in [-0.1, -0.05) is 30.3 Å². The number of amides is 1. The van der Waals surface area contributed by atoms with Gasteiger partial charge >= 0.3 is 6.18 Å². The van der Waals surface area contributed by atoms with Gasteiger partial charge in [0.15, 0.2) is 6.10 Å². The summed E-state index contributed by atoms with van der Waals surface area (Å²) in [5.41, 5.74) is 0.537. The molecule has 1 amide bonds. The van der Waals surface area contributed by atoms with Crippen LogP contribution in [0.25, 0.3) is 0 Å². The number of nitrogens with one attached hydrogen (secondary N) is 1. The number of para-hydroxylation sites is 1. The summed E-state index contributed by atoms with van der Waals surface area (Å²) >= 11 is 0. The molecule has 0 saturated carbocycles. The number of hydrogen-bond acceptors (Lipinski definition) is 2. The Morgan fingerprint density at radius 1 is 1.17 bits per heavy atom. The summed E-state index contributed by atoms with van der Waals surface area (Å²) in [4.78, 5) is 12.1. The van der Waals surface area contributed by atoms with E-state index in [-0.39, 0.29) is 6.54 Å². The van der Waals surface area contributed by atoms with E-state index in [2.05, 4.69) is 5.32 Å². The standard InChI is InChI=1S/C18H18F3NO2/c1-12-6-3-4-9-16(12)24-13(2)17(23)22-11-14-7-5-8-15(10-14)18(19,20)21/h3-10,13H,11H2,1-2H3,(H,22,23)/t13-/m1/s1. The van der Waals surface area contributed by atoms with Gasteiger partial charge in [0.1, 0.15) is 5.75 Å². The van der Waals surface area contributed by atoms with Crippen LogP contribution in [-0.2, 0) is 17.5 Å². The molecule has 0 fully saturated rings. The van der Waals surface area contributed by atoms with Gasteiger partial charge < -0.3 is 10.1 Å². The van der Waals surface area contributed by atoms with E-state index in [1.54, 1.807) is 19.1 Å². The first-order valence-corrected chi connectivity index (χ1v) is 7.43. The van der Waals surface area contributed by atoms with Gasteiger partial charge in [-0.2, -0.15) is 13.2 Å². The summed E-state index contributed by atoms with van der Waals surface area (Å²) in [7, 11) is 0. The van der Waals surface area contributed by atoms with Crippen LogP contribution in [-0.4, -0.2) is 12.0 Å². The van der Waals surface area contributed by atoms with Gasteiger partial charge in [-0.15, -0.1) is 0 Å². The van der Waals surface area contributed by atoms with E-state index in [1.165, 1.54) is 12.1 Å². The number of halogens is 3. The average molecular weight is 337 g/mol. The number of carbonyl (C=O) groups excluding carboxylic acids is 1. The Bertz CT molecular complexity index is 713. The minimum absolute atomic E-state index is 0.00419. The molecule has 2 rings (SSSR count). The van der Waals surface area contributed by atoms with Crippen LogP contribution in [0.15, 0.2) is 48.5 Å². The van der Waals surface area contributed by atoms with Crippen molar-refractivity contribution in [1.82, 2.24) is 5.32 Å². The maximum atomic E-state index is 12.7. The molecule has 6 heteroatoms. The molecule has 2 aromatic carbocycles. The van der Waals surface area contributed by atoms with Crippen LogP contribution >= 0.6 is 0 Å². The fourth-order valence-corrected chi connectivity index (χ4v) is 2.12. The average Bonchev–Trinajstić information content (AvgIpc) is 2.54. The van der Waals surface area contributed by atoms with Crippen molar-refractivity contribution in [2.45, 2.75) is 32.7 Å². The van der Waals surface area contributed by atoms with Gasteiger partial charge in [-0.05, 0) is 43.2 Å². The zero-order valence-corrected chi connectivity index (χ0v) is 13.4. The van der Waals surface area contributed by atoms with Crippen LogP contribution in [0.2, 0.25) is 0 Å². The molecule has 3 nitrogen and oxygen atoms in total. The minimum Gasteiger partial charge on any atom is -0.481 e. The molecule has 2 aromatic rings. The lowest BCUT2D eigenvalue weighted by molar-refractivity contribution is -0.137. The molecule has 0 radical (unpaired) electrons. The number of hydrogen-bond donors (Lipinski definition) is 1. The summed E-state index contributed by atoms with van der Waals surface area (Å²) in [5.74, 6) is 0.204. The lowest BCUT2D eigenvalue weighted by Gasteiger charge is -2.16. The summed E-state index contributed by atoms with van der Waals surface area (Å²) in [6, 6.07) is 12.1. The molecule has 24 heavy (non-hydrogen) atoms. The zero-order chi connectivity index (χ0) is 17.7. The summed E-state index contributed by atoms with van der Waals surface area (Å²) in [6.45, 7) is 3.46. The summed E-state index contributed by atoms with van der Waals surface area (Å²) in [6.07, 6.45) is -5.15. The van der Waals surface area contributed by atoms with Crippen LogP contribution in [0.1, 0.15) is 23.6 Å². The zero-order valence-electron chi connectivity index (χ0n) is 13.4. The number of alkyl halides is 3. The van der Waals surface area contributed by atoms with E-state index in [9.17, 15) is 18.0 Å². The number of rotatable bonds is 5. The van der Waals surface area contributed by atoms with Gasteiger partial charge in [0, 0.05) is 6.54 Å². The highest BCUT2D eigenvalue weighted by Crippen LogP contribution is 2.29. The Morgan fingerprint density at radius 3 is 2.54 bits per heavy atom. The fourth-order valence-electron chi connectivity index (χ4n) is 2.12. The Morgan fingerprint density at radius 2 is 1.88 bits per heavy atom. The maximum Gasteiger partial charge on any atom is 0.416 e. The second-order valence-electron chi connectivity index (χ2n) is 5.44. The Balaban J connectivity index is 1.94. The van der Waals surface area contributed by atoms with Crippen LogP contribution in [0, 0.1) is 6.92 Å². The van der Waals surface area contributed by atoms with Crippen molar-refractivity contribution in [2.24, 2.45) is 0 Å². The highest BCUT2D eigenvalue weighted by Gasteiger charge is 2.30. The third-order valence-corrected chi connectivity index (χ3v) is 3.49. The molecule has 1 N–H and O–H groups in total. The van der Waals surface area contributed by atoms with Crippen molar-refractivity contribution < 1.29 is 22.7 Å². The number of ether oxygens (including phenoxy) is 1. The quantitative estimate of drug-likeness (QED) is 0.892. The van der Waals surface area contributed by atoms with Gasteiger partial charge in [0.05, 0.1) is 5.56 Å². The molecule has 0 heterocycles. The molecule has 0 aromatic heterocycles. The predicted molar refractivity (Wildman–Crippen MR) is 84.6 cm³/mol. The Hall–Kier alpha value is -2.50. The third kappa shape index (κ3) is 4.75. The topological polar surface area (TPSA) is 38.3 Å². The SMILES string of the molecule is Cc1ccccc1O[C@H](C)C(=O)NCc1cccc(C(F)(F)F)c1. The van der Waals surface area contributed by atoms with Crippen molar-refractivity contribution in [3.8, 4) is 5.75 Å². The molecule has 0 aliphatic rings. The molecule has 0 bridgehead atoms. The fraction of sp³-hybridized carbons (Fsp3) is 0.278. The van der Waals surface area contributed by atoms with Crippen LogP contribution in [0.4, 0.5) is 13.2 Å². The van der Waals surface area contributed by atoms with E-state index in [1.807, 2.05) is 19.1 Å². The largest absolute Gasteiger partial charge is 0.481 e. The lowest BCUT2D eigenvalue weighted by atomic mass is 10.1. The molecule has 128 valence electrons. The number of carbonyl (C=O) groups is 1. The highest BCUT2D eigenvalue weighted by molar-refractivity contribution is 5.80. The first-order valence-electron chi connectivity index (χ1n) is 7.43. The Kier molecular flexibility index (Phi) is 5.49. The first kappa shape index (κ1) is 17.8. The molecule has 0 saturated heterocycles. The van der Waals surface area contributed by atoms with Crippen molar-refractivity contribution in [3.63, 3.8) is 0 Å². The molecule has 0 unspecified atom stereocenters. The second kappa shape index (κ2) is 7.38. The smallest absolute Gasteiger partial charge is 0.416 e. The molecular formula is C18H18F3NO2. The second-order valence-corrected chi connectivity index (χ2v) is 5.44. The highest BCUT2D eigenvalue weighted by atomic mass is 19.4. The van der Waals surface area contributed by atoms with Crippen molar-refractivity contribution in [1.29, 1.82) is 0 Å². The van der Waals surface area contributed by atoms with E-state index >= 15 is 0 Å². The van der Waals surface area contributed by atoms with E-state index in [4.69, 9.17) is 4.74 Å². The van der Waals surface area contributed by atoms with Crippen molar-refractivity contribution in [2.75, 3.05) is 0 Å². The molecule has 0 spiro atoms. The number of aryl methyl sites for hydroxylation is 1. The number of benzene rings is 2. The van der Waals surface area contributed by atoms with Crippen LogP contribution in [0.5, 0.6) is 5.75 Å². The normalized spacial score (nSPS) is 12.5. The van der Waals surface area contributed by atoms with Gasteiger partial charge in [0.2, 0.25) is 0 Å². The van der Waals surface area contributed by atoms with E-state index in [0.29, 0.717) is 11.3 Å². The predicted octanol–water partition coefficient (Wildman–Crippen LogP) is 4.10. The minimum atomic E-state index is -4.40. The molecule has 1 atom stereocenters. The molecular weight excluding hydrogens is 319 g/mol. The van der Waals surface area contributed by atoms with Crippen molar-refractivity contribution in [3.05, 3.63) is 65.2 Å². The maximum absolute atomic E-state index is 12.7. The van der Waals surface area contributed by atoms with Crippen LogP contribution in [0.3, 0.4) is 0 Å². The Labute approximate surface area is 138 Å². The monoisotopic (exact) mass is 337 g/mol. The van der Waals surface area contributed by atoms with Gasteiger partial charge in [-0.3, -0.25) is 4.79 Å².